The monoisotopic (exact) mass is 678 g/mol. The third-order valence-electron chi connectivity index (χ3n) is 8.52. The van der Waals surface area contributed by atoms with Crippen LogP contribution in [0.2, 0.25) is 0 Å². The summed E-state index contributed by atoms with van der Waals surface area (Å²) in [6.45, 7) is 4.94. The summed E-state index contributed by atoms with van der Waals surface area (Å²) in [4.78, 5) is 22.3. The highest BCUT2D eigenvalue weighted by molar-refractivity contribution is 7.47. The van der Waals surface area contributed by atoms with Gasteiger partial charge in [-0.15, -0.1) is 0 Å². The number of rotatable bonds is 38. The van der Waals surface area contributed by atoms with E-state index >= 15 is 0 Å². The number of hydrogen-bond acceptors (Lipinski definition) is 7. The van der Waals surface area contributed by atoms with Crippen molar-refractivity contribution in [3.05, 3.63) is 0 Å². The minimum Gasteiger partial charge on any atom is -0.457 e. The van der Waals surface area contributed by atoms with Crippen molar-refractivity contribution in [2.45, 2.75) is 200 Å². The molecule has 0 saturated heterocycles. The molecule has 0 radical (unpaired) electrons. The van der Waals surface area contributed by atoms with Crippen molar-refractivity contribution in [1.29, 1.82) is 0 Å². The predicted molar refractivity (Wildman–Crippen MR) is 192 cm³/mol. The van der Waals surface area contributed by atoms with Crippen molar-refractivity contribution in [3.63, 3.8) is 0 Å². The molecular weight excluding hydrogens is 601 g/mol. The van der Waals surface area contributed by atoms with E-state index in [4.69, 9.17) is 24.3 Å². The van der Waals surface area contributed by atoms with Gasteiger partial charge in [-0.1, -0.05) is 174 Å². The van der Waals surface area contributed by atoms with Gasteiger partial charge in [0.15, 0.2) is 0 Å². The molecule has 3 N–H and O–H groups in total. The van der Waals surface area contributed by atoms with Crippen molar-refractivity contribution in [3.8, 4) is 0 Å². The van der Waals surface area contributed by atoms with Gasteiger partial charge in [-0.3, -0.25) is 13.8 Å². The number of nitrogens with two attached hydrogens (primary N) is 1. The number of ether oxygens (including phenoxy) is 2. The standard InChI is InChI=1S/C37H76NO7P/c1-3-5-7-9-11-13-14-15-16-17-18-19-20-21-23-25-27-29-32-42-34-36(35-44-46(40,41)43-33-31-38)45-37(39)30-28-26-24-22-12-10-8-6-4-2/h36H,3-35,38H2,1-2H3,(H,40,41). The van der Waals surface area contributed by atoms with E-state index in [1.807, 2.05) is 0 Å². The second-order valence-corrected chi connectivity index (χ2v) is 14.6. The summed E-state index contributed by atoms with van der Waals surface area (Å²) in [5.41, 5.74) is 5.35. The summed E-state index contributed by atoms with van der Waals surface area (Å²) in [5.74, 6) is -0.330. The SMILES string of the molecule is CCCCCCCCCCCCCCCCCCCCOCC(COP(=O)(O)OCCN)OC(=O)CCCCCCCCCCC. The van der Waals surface area contributed by atoms with Crippen LogP contribution in [0.4, 0.5) is 0 Å². The van der Waals surface area contributed by atoms with E-state index in [2.05, 4.69) is 13.8 Å². The highest BCUT2D eigenvalue weighted by Gasteiger charge is 2.25. The third-order valence-corrected chi connectivity index (χ3v) is 9.51. The normalized spacial score (nSPS) is 13.6. The van der Waals surface area contributed by atoms with Crippen molar-refractivity contribution >= 4 is 13.8 Å². The molecule has 0 bridgehead atoms. The van der Waals surface area contributed by atoms with E-state index in [1.165, 1.54) is 141 Å². The second-order valence-electron chi connectivity index (χ2n) is 13.2. The molecule has 0 aliphatic heterocycles. The van der Waals surface area contributed by atoms with E-state index in [0.717, 1.165) is 32.1 Å². The lowest BCUT2D eigenvalue weighted by molar-refractivity contribution is -0.154. The fraction of sp³-hybridized carbons (Fsp3) is 0.973. The maximum Gasteiger partial charge on any atom is 0.472 e. The number of hydrogen-bond donors (Lipinski definition) is 2. The number of esters is 1. The van der Waals surface area contributed by atoms with Gasteiger partial charge in [-0.05, 0) is 12.8 Å². The van der Waals surface area contributed by atoms with Gasteiger partial charge in [0.25, 0.3) is 0 Å². The number of carbonyl (C=O) groups excluding carboxylic acids is 1. The summed E-state index contributed by atoms with van der Waals surface area (Å²) >= 11 is 0. The van der Waals surface area contributed by atoms with Crippen molar-refractivity contribution in [2.24, 2.45) is 5.73 Å². The van der Waals surface area contributed by atoms with Gasteiger partial charge in [0.2, 0.25) is 0 Å². The Labute approximate surface area is 284 Å². The molecule has 0 amide bonds. The Balaban J connectivity index is 3.95. The molecule has 8 nitrogen and oxygen atoms in total. The lowest BCUT2D eigenvalue weighted by Crippen LogP contribution is -2.28. The minimum atomic E-state index is -4.26. The van der Waals surface area contributed by atoms with E-state index < -0.39 is 13.9 Å². The average molecular weight is 678 g/mol. The van der Waals surface area contributed by atoms with Crippen LogP contribution in [-0.2, 0) is 27.9 Å². The molecule has 0 aromatic rings. The lowest BCUT2D eigenvalue weighted by atomic mass is 10.0. The van der Waals surface area contributed by atoms with E-state index in [1.54, 1.807) is 0 Å². The van der Waals surface area contributed by atoms with Crippen LogP contribution in [0, 0.1) is 0 Å². The molecule has 0 saturated carbocycles. The summed E-state index contributed by atoms with van der Waals surface area (Å²) in [6.07, 6.45) is 34.1. The Bertz CT molecular complexity index is 682. The molecule has 276 valence electrons. The predicted octanol–water partition coefficient (Wildman–Crippen LogP) is 11.0. The number of phosphoric ester groups is 1. The maximum absolute atomic E-state index is 12.5. The van der Waals surface area contributed by atoms with Crippen LogP contribution in [0.3, 0.4) is 0 Å². The first kappa shape index (κ1) is 45.5. The molecule has 0 aliphatic carbocycles. The molecule has 9 heteroatoms. The summed E-state index contributed by atoms with van der Waals surface area (Å²) < 4.78 is 33.3. The van der Waals surface area contributed by atoms with Crippen LogP contribution < -0.4 is 5.73 Å². The first-order valence-corrected chi connectivity index (χ1v) is 21.0. The molecule has 2 atom stereocenters. The molecule has 0 spiro atoms. The van der Waals surface area contributed by atoms with Crippen LogP contribution in [0.5, 0.6) is 0 Å². The zero-order valence-corrected chi connectivity index (χ0v) is 31.2. The summed E-state index contributed by atoms with van der Waals surface area (Å²) in [5, 5.41) is 0. The molecule has 0 aliphatic rings. The smallest absolute Gasteiger partial charge is 0.457 e. The van der Waals surface area contributed by atoms with E-state index in [9.17, 15) is 14.3 Å². The Morgan fingerprint density at radius 2 is 0.957 bits per heavy atom. The number of unbranched alkanes of at least 4 members (excludes halogenated alkanes) is 25. The topological polar surface area (TPSA) is 117 Å². The summed E-state index contributed by atoms with van der Waals surface area (Å²) in [6, 6.07) is 0. The van der Waals surface area contributed by atoms with Crippen molar-refractivity contribution < 1.29 is 32.8 Å². The average Bonchev–Trinajstić information content (AvgIpc) is 3.04. The fourth-order valence-electron chi connectivity index (χ4n) is 5.64. The van der Waals surface area contributed by atoms with E-state index in [-0.39, 0.29) is 32.3 Å². The van der Waals surface area contributed by atoms with E-state index in [0.29, 0.717) is 13.0 Å². The molecule has 0 fully saturated rings. The van der Waals surface area contributed by atoms with Crippen LogP contribution in [0.1, 0.15) is 194 Å². The van der Waals surface area contributed by atoms with Crippen LogP contribution in [-0.4, -0.2) is 49.9 Å². The minimum absolute atomic E-state index is 0.0906. The van der Waals surface area contributed by atoms with Gasteiger partial charge in [-0.2, -0.15) is 0 Å². The van der Waals surface area contributed by atoms with Crippen LogP contribution >= 0.6 is 7.82 Å². The molecule has 2 unspecified atom stereocenters. The van der Waals surface area contributed by atoms with Gasteiger partial charge < -0.3 is 20.1 Å². The lowest BCUT2D eigenvalue weighted by Gasteiger charge is -2.20. The largest absolute Gasteiger partial charge is 0.472 e. The Morgan fingerprint density at radius 3 is 1.37 bits per heavy atom. The molecule has 0 rings (SSSR count). The maximum atomic E-state index is 12.5. The van der Waals surface area contributed by atoms with Gasteiger partial charge >= 0.3 is 13.8 Å². The third kappa shape index (κ3) is 34.8. The quantitative estimate of drug-likeness (QED) is 0.0377. The Kier molecular flexibility index (Phi) is 35.4. The molecule has 0 heterocycles. The highest BCUT2D eigenvalue weighted by Crippen LogP contribution is 2.43. The van der Waals surface area contributed by atoms with Crippen LogP contribution in [0.25, 0.3) is 0 Å². The van der Waals surface area contributed by atoms with Gasteiger partial charge in [-0.25, -0.2) is 4.57 Å². The Morgan fingerprint density at radius 1 is 0.565 bits per heavy atom. The molecule has 0 aromatic heterocycles. The Hall–Kier alpha value is -0.500. The first-order chi connectivity index (χ1) is 22.4. The zero-order valence-electron chi connectivity index (χ0n) is 30.3. The van der Waals surface area contributed by atoms with Gasteiger partial charge in [0, 0.05) is 19.6 Å². The van der Waals surface area contributed by atoms with Crippen molar-refractivity contribution in [2.75, 3.05) is 33.0 Å². The van der Waals surface area contributed by atoms with Gasteiger partial charge in [0.05, 0.1) is 19.8 Å². The van der Waals surface area contributed by atoms with Gasteiger partial charge in [0.1, 0.15) is 6.10 Å². The fourth-order valence-corrected chi connectivity index (χ4v) is 6.41. The molecular formula is C37H76NO7P. The second kappa shape index (κ2) is 35.8. The first-order valence-electron chi connectivity index (χ1n) is 19.5. The zero-order chi connectivity index (χ0) is 33.8. The van der Waals surface area contributed by atoms with Crippen LogP contribution in [0.15, 0.2) is 0 Å². The highest BCUT2D eigenvalue weighted by atomic mass is 31.2. The molecule has 0 aromatic carbocycles. The van der Waals surface area contributed by atoms with Crippen molar-refractivity contribution in [1.82, 2.24) is 0 Å². The summed E-state index contributed by atoms with van der Waals surface area (Å²) in [7, 11) is -4.26. The number of carbonyl (C=O) groups is 1. The number of phosphoric acid groups is 1. The molecule has 46 heavy (non-hydrogen) atoms.